The van der Waals surface area contributed by atoms with Gasteiger partial charge in [-0.3, -0.25) is 0 Å². The molecule has 1 unspecified atom stereocenters. The molecule has 1 heterocycles. The quantitative estimate of drug-likeness (QED) is 0.799. The van der Waals surface area contributed by atoms with Crippen molar-refractivity contribution < 1.29 is 0 Å². The third kappa shape index (κ3) is 3.11. The number of hydrogen-bond acceptors (Lipinski definition) is 2. The minimum atomic E-state index is 0.397. The van der Waals surface area contributed by atoms with Gasteiger partial charge < -0.3 is 5.32 Å². The van der Waals surface area contributed by atoms with E-state index in [0.717, 1.165) is 16.6 Å². The third-order valence-corrected chi connectivity index (χ3v) is 4.39. The van der Waals surface area contributed by atoms with Crippen LogP contribution in [0.5, 0.6) is 0 Å². The molecule has 0 saturated carbocycles. The van der Waals surface area contributed by atoms with E-state index in [2.05, 4.69) is 70.8 Å². The van der Waals surface area contributed by atoms with E-state index in [1.54, 1.807) is 11.3 Å². The van der Waals surface area contributed by atoms with Gasteiger partial charge in [-0.2, -0.15) is 0 Å². The van der Waals surface area contributed by atoms with Crippen LogP contribution in [0.1, 0.15) is 29.8 Å². The second-order valence-corrected chi connectivity index (χ2v) is 5.94. The standard InChI is InChI=1S/C14H16BrNS/c1-3-12(14-5-4-8-17-14)16-13-7-6-10(2)9-11(13)15/h4-9,12,16H,3H2,1-2H3. The highest BCUT2D eigenvalue weighted by molar-refractivity contribution is 9.10. The maximum absolute atomic E-state index is 3.61. The van der Waals surface area contributed by atoms with Gasteiger partial charge in [0.15, 0.2) is 0 Å². The normalized spacial score (nSPS) is 12.4. The van der Waals surface area contributed by atoms with Gasteiger partial charge in [0.05, 0.1) is 6.04 Å². The summed E-state index contributed by atoms with van der Waals surface area (Å²) in [5, 5.41) is 5.72. The van der Waals surface area contributed by atoms with Crippen molar-refractivity contribution in [2.45, 2.75) is 26.3 Å². The van der Waals surface area contributed by atoms with E-state index in [4.69, 9.17) is 0 Å². The lowest BCUT2D eigenvalue weighted by Crippen LogP contribution is -2.08. The molecule has 1 atom stereocenters. The lowest BCUT2D eigenvalue weighted by molar-refractivity contribution is 0.763. The molecule has 0 aliphatic carbocycles. The zero-order valence-corrected chi connectivity index (χ0v) is 12.4. The molecule has 0 radical (unpaired) electrons. The van der Waals surface area contributed by atoms with Gasteiger partial charge in [0.25, 0.3) is 0 Å². The maximum atomic E-state index is 3.61. The van der Waals surface area contributed by atoms with Gasteiger partial charge in [-0.25, -0.2) is 0 Å². The largest absolute Gasteiger partial charge is 0.377 e. The predicted molar refractivity (Wildman–Crippen MR) is 79.9 cm³/mol. The summed E-state index contributed by atoms with van der Waals surface area (Å²) in [4.78, 5) is 1.39. The second kappa shape index (κ2) is 5.69. The summed E-state index contributed by atoms with van der Waals surface area (Å²) >= 11 is 5.42. The van der Waals surface area contributed by atoms with E-state index in [9.17, 15) is 0 Å². The Morgan fingerprint density at radius 2 is 2.18 bits per heavy atom. The van der Waals surface area contributed by atoms with Crippen molar-refractivity contribution in [1.29, 1.82) is 0 Å². The Bertz CT molecular complexity index is 479. The Hall–Kier alpha value is -0.800. The highest BCUT2D eigenvalue weighted by Gasteiger charge is 2.11. The maximum Gasteiger partial charge on any atom is 0.0604 e. The first-order valence-electron chi connectivity index (χ1n) is 5.76. The average molecular weight is 310 g/mol. The van der Waals surface area contributed by atoms with Crippen molar-refractivity contribution in [2.75, 3.05) is 5.32 Å². The van der Waals surface area contributed by atoms with Crippen LogP contribution in [0.4, 0.5) is 5.69 Å². The number of anilines is 1. The molecule has 3 heteroatoms. The smallest absolute Gasteiger partial charge is 0.0604 e. The van der Waals surface area contributed by atoms with Gasteiger partial charge in [0.2, 0.25) is 0 Å². The van der Waals surface area contributed by atoms with Crippen LogP contribution >= 0.6 is 27.3 Å². The number of benzene rings is 1. The molecule has 0 spiro atoms. The van der Waals surface area contributed by atoms with Crippen LogP contribution in [0, 0.1) is 6.92 Å². The number of halogens is 1. The minimum Gasteiger partial charge on any atom is -0.377 e. The van der Waals surface area contributed by atoms with Gasteiger partial charge in [-0.05, 0) is 58.4 Å². The molecule has 2 aromatic rings. The number of hydrogen-bond donors (Lipinski definition) is 1. The van der Waals surface area contributed by atoms with E-state index < -0.39 is 0 Å². The van der Waals surface area contributed by atoms with E-state index in [-0.39, 0.29) is 0 Å². The minimum absolute atomic E-state index is 0.397. The summed E-state index contributed by atoms with van der Waals surface area (Å²) in [5.74, 6) is 0. The van der Waals surface area contributed by atoms with Crippen molar-refractivity contribution >= 4 is 33.0 Å². The van der Waals surface area contributed by atoms with Crippen LogP contribution in [-0.2, 0) is 0 Å². The topological polar surface area (TPSA) is 12.0 Å². The molecule has 0 fully saturated rings. The van der Waals surface area contributed by atoms with E-state index in [0.29, 0.717) is 6.04 Å². The Labute approximate surface area is 115 Å². The van der Waals surface area contributed by atoms with Gasteiger partial charge in [0, 0.05) is 15.0 Å². The summed E-state index contributed by atoms with van der Waals surface area (Å²) in [5.41, 5.74) is 2.43. The summed E-state index contributed by atoms with van der Waals surface area (Å²) < 4.78 is 1.13. The number of aryl methyl sites for hydroxylation is 1. The molecule has 17 heavy (non-hydrogen) atoms. The summed E-state index contributed by atoms with van der Waals surface area (Å²) in [6.07, 6.45) is 1.08. The molecule has 1 aromatic heterocycles. The van der Waals surface area contributed by atoms with Crippen molar-refractivity contribution in [1.82, 2.24) is 0 Å². The third-order valence-electron chi connectivity index (χ3n) is 2.75. The molecular formula is C14H16BrNS. The average Bonchev–Trinajstić information content (AvgIpc) is 2.81. The van der Waals surface area contributed by atoms with Crippen LogP contribution in [0.3, 0.4) is 0 Å². The Morgan fingerprint density at radius 3 is 2.76 bits per heavy atom. The molecule has 0 aliphatic rings. The van der Waals surface area contributed by atoms with Crippen LogP contribution < -0.4 is 5.32 Å². The zero-order valence-electron chi connectivity index (χ0n) is 10.0. The molecule has 0 bridgehead atoms. The SMILES string of the molecule is CCC(Nc1ccc(C)cc1Br)c1cccs1. The van der Waals surface area contributed by atoms with Gasteiger partial charge >= 0.3 is 0 Å². The first-order valence-corrected chi connectivity index (χ1v) is 7.44. The lowest BCUT2D eigenvalue weighted by atomic mass is 10.1. The molecule has 0 aliphatic heterocycles. The monoisotopic (exact) mass is 309 g/mol. The van der Waals surface area contributed by atoms with Crippen molar-refractivity contribution in [3.63, 3.8) is 0 Å². The molecule has 0 amide bonds. The highest BCUT2D eigenvalue weighted by atomic mass is 79.9. The van der Waals surface area contributed by atoms with Crippen molar-refractivity contribution in [3.05, 3.63) is 50.6 Å². The summed E-state index contributed by atoms with van der Waals surface area (Å²) in [6, 6.07) is 11.1. The Morgan fingerprint density at radius 1 is 1.35 bits per heavy atom. The fourth-order valence-electron chi connectivity index (χ4n) is 1.79. The molecule has 90 valence electrons. The first-order chi connectivity index (χ1) is 8.20. The Kier molecular flexibility index (Phi) is 4.24. The van der Waals surface area contributed by atoms with Crippen molar-refractivity contribution in [3.8, 4) is 0 Å². The van der Waals surface area contributed by atoms with Crippen LogP contribution in [0.2, 0.25) is 0 Å². The predicted octanol–water partition coefficient (Wildman–Crippen LogP) is 5.38. The number of rotatable bonds is 4. The van der Waals surface area contributed by atoms with Gasteiger partial charge in [-0.15, -0.1) is 11.3 Å². The van der Waals surface area contributed by atoms with Crippen LogP contribution in [-0.4, -0.2) is 0 Å². The molecule has 1 N–H and O–H groups in total. The first kappa shape index (κ1) is 12.7. The molecule has 2 rings (SSSR count). The summed E-state index contributed by atoms with van der Waals surface area (Å²) in [7, 11) is 0. The van der Waals surface area contributed by atoms with E-state index in [1.807, 2.05) is 0 Å². The number of nitrogens with one attached hydrogen (secondary N) is 1. The van der Waals surface area contributed by atoms with Gasteiger partial charge in [0.1, 0.15) is 0 Å². The zero-order chi connectivity index (χ0) is 12.3. The molecular weight excluding hydrogens is 294 g/mol. The van der Waals surface area contributed by atoms with Gasteiger partial charge in [-0.1, -0.05) is 19.1 Å². The van der Waals surface area contributed by atoms with E-state index in [1.165, 1.54) is 10.4 Å². The van der Waals surface area contributed by atoms with E-state index >= 15 is 0 Å². The van der Waals surface area contributed by atoms with Crippen LogP contribution in [0.25, 0.3) is 0 Å². The molecule has 1 nitrogen and oxygen atoms in total. The van der Waals surface area contributed by atoms with Crippen LogP contribution in [0.15, 0.2) is 40.2 Å². The summed E-state index contributed by atoms with van der Waals surface area (Å²) in [6.45, 7) is 4.31. The molecule has 1 aromatic carbocycles. The number of thiophene rings is 1. The second-order valence-electron chi connectivity index (χ2n) is 4.10. The fourth-order valence-corrected chi connectivity index (χ4v) is 3.26. The lowest BCUT2D eigenvalue weighted by Gasteiger charge is -2.18. The highest BCUT2D eigenvalue weighted by Crippen LogP contribution is 2.30. The van der Waals surface area contributed by atoms with Crippen molar-refractivity contribution in [2.24, 2.45) is 0 Å². The molecule has 0 saturated heterocycles. The Balaban J connectivity index is 2.19. The fraction of sp³-hybridized carbons (Fsp3) is 0.286.